The van der Waals surface area contributed by atoms with E-state index < -0.39 is 0 Å². The van der Waals surface area contributed by atoms with Gasteiger partial charge in [-0.2, -0.15) is 0 Å². The molecule has 0 saturated carbocycles. The number of hydrogen-bond acceptors (Lipinski definition) is 4. The van der Waals surface area contributed by atoms with E-state index in [1.807, 2.05) is 59.5 Å². The molecule has 3 heterocycles. The fraction of sp³-hybridized carbons (Fsp3) is 0.120. The van der Waals surface area contributed by atoms with Gasteiger partial charge in [0.1, 0.15) is 29.1 Å². The van der Waals surface area contributed by atoms with Crippen LogP contribution in [-0.4, -0.2) is 17.2 Å². The summed E-state index contributed by atoms with van der Waals surface area (Å²) in [7, 11) is 1.64. The van der Waals surface area contributed by atoms with Gasteiger partial charge in [0, 0.05) is 17.4 Å². The normalized spacial score (nSPS) is 17.9. The Morgan fingerprint density at radius 2 is 1.78 bits per heavy atom. The molecular weight excluding hydrogens is 425 g/mol. The number of aromatic nitrogens is 1. The molecule has 5 nitrogen and oxygen atoms in total. The Morgan fingerprint density at radius 1 is 1.00 bits per heavy atom. The maximum Gasteiger partial charge on any atom is 0.174 e. The monoisotopic (exact) mass is 445 g/mol. The summed E-state index contributed by atoms with van der Waals surface area (Å²) >= 11 is 5.72. The minimum absolute atomic E-state index is 0.210. The van der Waals surface area contributed by atoms with E-state index in [0.717, 1.165) is 28.5 Å². The van der Waals surface area contributed by atoms with Crippen LogP contribution in [-0.2, 0) is 0 Å². The van der Waals surface area contributed by atoms with E-state index in [9.17, 15) is 4.39 Å². The van der Waals surface area contributed by atoms with E-state index in [1.54, 1.807) is 25.4 Å². The maximum absolute atomic E-state index is 13.4. The minimum atomic E-state index is -0.285. The molecule has 0 spiro atoms. The van der Waals surface area contributed by atoms with E-state index in [0.29, 0.717) is 10.9 Å². The molecule has 5 rings (SSSR count). The lowest BCUT2D eigenvalue weighted by Gasteiger charge is -2.26. The quantitative estimate of drug-likeness (QED) is 0.400. The number of pyridine rings is 1. The van der Waals surface area contributed by atoms with Crippen LogP contribution in [0.25, 0.3) is 11.3 Å². The number of nitrogens with zero attached hydrogens (tertiary/aromatic N) is 2. The zero-order valence-corrected chi connectivity index (χ0v) is 18.1. The number of hydrogen-bond donors (Lipinski definition) is 1. The van der Waals surface area contributed by atoms with E-state index in [4.69, 9.17) is 21.4 Å². The number of furan rings is 1. The second-order valence-corrected chi connectivity index (χ2v) is 7.79. The Bertz CT molecular complexity index is 1230. The molecular formula is C25H20FN3O2S. The van der Waals surface area contributed by atoms with Crippen LogP contribution in [0.1, 0.15) is 23.5 Å². The molecule has 32 heavy (non-hydrogen) atoms. The fourth-order valence-electron chi connectivity index (χ4n) is 3.95. The third kappa shape index (κ3) is 3.71. The van der Waals surface area contributed by atoms with Crippen molar-refractivity contribution in [1.29, 1.82) is 0 Å². The van der Waals surface area contributed by atoms with Crippen molar-refractivity contribution in [2.24, 2.45) is 0 Å². The smallest absolute Gasteiger partial charge is 0.174 e. The summed E-state index contributed by atoms with van der Waals surface area (Å²) in [5.41, 5.74) is 2.57. The third-order valence-electron chi connectivity index (χ3n) is 5.50. The highest BCUT2D eigenvalue weighted by Crippen LogP contribution is 2.43. The second-order valence-electron chi connectivity index (χ2n) is 7.40. The van der Waals surface area contributed by atoms with Crippen molar-refractivity contribution in [2.45, 2.75) is 12.1 Å². The molecule has 0 aliphatic carbocycles. The molecule has 2 atom stereocenters. The van der Waals surface area contributed by atoms with Crippen LogP contribution < -0.4 is 15.0 Å². The highest BCUT2D eigenvalue weighted by Gasteiger charge is 2.42. The van der Waals surface area contributed by atoms with Crippen molar-refractivity contribution in [1.82, 2.24) is 10.3 Å². The predicted molar refractivity (Wildman–Crippen MR) is 125 cm³/mol. The van der Waals surface area contributed by atoms with Crippen LogP contribution in [0, 0.1) is 5.82 Å². The van der Waals surface area contributed by atoms with Gasteiger partial charge in [-0.05, 0) is 85.0 Å². The minimum Gasteiger partial charge on any atom is -0.497 e. The van der Waals surface area contributed by atoms with E-state index >= 15 is 0 Å². The average Bonchev–Trinajstić information content (AvgIpc) is 3.45. The Morgan fingerprint density at radius 3 is 2.47 bits per heavy atom. The van der Waals surface area contributed by atoms with Gasteiger partial charge in [-0.1, -0.05) is 6.07 Å². The molecule has 1 saturated heterocycles. The second kappa shape index (κ2) is 8.43. The zero-order valence-electron chi connectivity index (χ0n) is 17.2. The number of thiocarbonyl (C=S) groups is 1. The molecule has 160 valence electrons. The first-order valence-electron chi connectivity index (χ1n) is 10.1. The number of ether oxygens (including phenoxy) is 1. The van der Waals surface area contributed by atoms with Crippen LogP contribution >= 0.6 is 12.2 Å². The predicted octanol–water partition coefficient (Wildman–Crippen LogP) is 5.67. The number of anilines is 1. The van der Waals surface area contributed by atoms with Gasteiger partial charge < -0.3 is 19.4 Å². The molecule has 0 unspecified atom stereocenters. The first-order chi connectivity index (χ1) is 15.6. The summed E-state index contributed by atoms with van der Waals surface area (Å²) < 4.78 is 24.9. The number of rotatable bonds is 5. The molecule has 4 aromatic rings. The largest absolute Gasteiger partial charge is 0.497 e. The molecule has 0 bridgehead atoms. The molecule has 1 N–H and O–H groups in total. The Hall–Kier alpha value is -3.71. The summed E-state index contributed by atoms with van der Waals surface area (Å²) in [5, 5.41) is 3.99. The molecule has 1 aliphatic rings. The summed E-state index contributed by atoms with van der Waals surface area (Å²) in [6.45, 7) is 0. The molecule has 2 aromatic heterocycles. The van der Waals surface area contributed by atoms with Crippen LogP contribution in [0.2, 0.25) is 0 Å². The van der Waals surface area contributed by atoms with Crippen molar-refractivity contribution in [3.8, 4) is 17.1 Å². The van der Waals surface area contributed by atoms with E-state index in [2.05, 4.69) is 10.3 Å². The van der Waals surface area contributed by atoms with Crippen molar-refractivity contribution < 1.29 is 13.5 Å². The Labute approximate surface area is 190 Å². The zero-order chi connectivity index (χ0) is 22.1. The lowest BCUT2D eigenvalue weighted by Crippen LogP contribution is -2.29. The van der Waals surface area contributed by atoms with Gasteiger partial charge in [0.15, 0.2) is 5.11 Å². The van der Waals surface area contributed by atoms with Crippen LogP contribution in [0.15, 0.2) is 89.5 Å². The van der Waals surface area contributed by atoms with Gasteiger partial charge in [0.05, 0.1) is 18.8 Å². The average molecular weight is 446 g/mol. The molecule has 0 radical (unpaired) electrons. The van der Waals surface area contributed by atoms with Crippen molar-refractivity contribution in [3.05, 3.63) is 102 Å². The van der Waals surface area contributed by atoms with Crippen molar-refractivity contribution in [2.75, 3.05) is 12.0 Å². The van der Waals surface area contributed by atoms with E-state index in [1.165, 1.54) is 12.1 Å². The first-order valence-corrected chi connectivity index (χ1v) is 10.6. The standard InChI is InChI=1S/C25H20FN3O2S/c1-30-19-11-9-18(10-12-19)29-24(23(28-25(29)32)20-4-2-3-15-27-20)22-14-13-21(31-22)16-5-7-17(26)8-6-16/h2-15,23-24H,1H3,(H,28,32)/t23-,24-/m1/s1. The number of halogens is 1. The van der Waals surface area contributed by atoms with Gasteiger partial charge in [0.2, 0.25) is 0 Å². The lowest BCUT2D eigenvalue weighted by atomic mass is 10.0. The molecule has 0 amide bonds. The summed E-state index contributed by atoms with van der Waals surface area (Å²) in [4.78, 5) is 6.58. The maximum atomic E-state index is 13.4. The summed E-state index contributed by atoms with van der Waals surface area (Å²) in [5.74, 6) is 1.86. The fourth-order valence-corrected chi connectivity index (χ4v) is 4.29. The highest BCUT2D eigenvalue weighted by atomic mass is 32.1. The topological polar surface area (TPSA) is 50.5 Å². The first kappa shape index (κ1) is 20.2. The summed E-state index contributed by atoms with van der Waals surface area (Å²) in [6, 6.07) is 23.1. The van der Waals surface area contributed by atoms with Gasteiger partial charge in [-0.25, -0.2) is 4.39 Å². The Balaban J connectivity index is 1.57. The highest BCUT2D eigenvalue weighted by molar-refractivity contribution is 7.80. The number of nitrogens with one attached hydrogen (secondary N) is 1. The number of methoxy groups -OCH3 is 1. The SMILES string of the molecule is COc1ccc(N2C(=S)N[C@H](c3ccccn3)[C@H]2c2ccc(-c3ccc(F)cc3)o2)cc1. The third-order valence-corrected chi connectivity index (χ3v) is 5.81. The van der Waals surface area contributed by atoms with Crippen molar-refractivity contribution in [3.63, 3.8) is 0 Å². The molecule has 1 fully saturated rings. The Kier molecular flexibility index (Phi) is 5.33. The van der Waals surface area contributed by atoms with Crippen LogP contribution in [0.4, 0.5) is 10.1 Å². The lowest BCUT2D eigenvalue weighted by molar-refractivity contribution is 0.414. The van der Waals surface area contributed by atoms with Gasteiger partial charge in [-0.3, -0.25) is 4.98 Å². The van der Waals surface area contributed by atoms with Gasteiger partial charge in [0.25, 0.3) is 0 Å². The van der Waals surface area contributed by atoms with Crippen molar-refractivity contribution >= 4 is 23.0 Å². The van der Waals surface area contributed by atoms with Gasteiger partial charge >= 0.3 is 0 Å². The molecule has 2 aromatic carbocycles. The van der Waals surface area contributed by atoms with Crippen LogP contribution in [0.5, 0.6) is 5.75 Å². The summed E-state index contributed by atoms with van der Waals surface area (Å²) in [6.07, 6.45) is 1.76. The number of benzene rings is 2. The van der Waals surface area contributed by atoms with Crippen LogP contribution in [0.3, 0.4) is 0 Å². The molecule has 1 aliphatic heterocycles. The molecule has 7 heteroatoms. The van der Waals surface area contributed by atoms with E-state index in [-0.39, 0.29) is 17.9 Å². The van der Waals surface area contributed by atoms with Gasteiger partial charge in [-0.15, -0.1) is 0 Å².